The van der Waals surface area contributed by atoms with Crippen molar-refractivity contribution >= 4 is 0 Å². The molecule has 2 atom stereocenters. The summed E-state index contributed by atoms with van der Waals surface area (Å²) < 4.78 is 11.6. The quantitative estimate of drug-likeness (QED) is 0.839. The third-order valence-corrected chi connectivity index (χ3v) is 5.17. The summed E-state index contributed by atoms with van der Waals surface area (Å²) in [5.74, 6) is 0. The molecule has 2 unspecified atom stereocenters. The first kappa shape index (κ1) is 13.8. The molecule has 0 bridgehead atoms. The van der Waals surface area contributed by atoms with Crippen LogP contribution in [0, 0.1) is 0 Å². The Kier molecular flexibility index (Phi) is 4.42. The van der Waals surface area contributed by atoms with Crippen molar-refractivity contribution < 1.29 is 9.47 Å². The zero-order chi connectivity index (χ0) is 13.1. The molecule has 3 saturated heterocycles. The molecule has 1 N–H and O–H groups in total. The molecule has 4 nitrogen and oxygen atoms in total. The molecule has 0 aliphatic carbocycles. The van der Waals surface area contributed by atoms with E-state index >= 15 is 0 Å². The van der Waals surface area contributed by atoms with Gasteiger partial charge in [-0.3, -0.25) is 0 Å². The zero-order valence-electron chi connectivity index (χ0n) is 12.2. The summed E-state index contributed by atoms with van der Waals surface area (Å²) in [6.45, 7) is 5.07. The molecule has 3 rings (SSSR count). The minimum atomic E-state index is 0.124. The highest BCUT2D eigenvalue weighted by molar-refractivity contribution is 4.92. The van der Waals surface area contributed by atoms with Crippen molar-refractivity contribution in [2.24, 2.45) is 0 Å². The predicted octanol–water partition coefficient (Wildman–Crippen LogP) is 1.40. The Morgan fingerprint density at radius 2 is 2.05 bits per heavy atom. The van der Waals surface area contributed by atoms with Crippen LogP contribution >= 0.6 is 0 Å². The van der Waals surface area contributed by atoms with E-state index in [1.165, 1.54) is 38.8 Å². The largest absolute Gasteiger partial charge is 0.381 e. The van der Waals surface area contributed by atoms with Crippen LogP contribution in [0.1, 0.15) is 38.5 Å². The number of likely N-dealkylation sites (N-methyl/N-ethyl adjacent to an activating group) is 1. The van der Waals surface area contributed by atoms with Crippen molar-refractivity contribution in [1.82, 2.24) is 10.2 Å². The Morgan fingerprint density at radius 3 is 2.79 bits per heavy atom. The van der Waals surface area contributed by atoms with Gasteiger partial charge in [-0.1, -0.05) is 0 Å². The van der Waals surface area contributed by atoms with Gasteiger partial charge in [0.1, 0.15) is 0 Å². The van der Waals surface area contributed by atoms with Crippen molar-refractivity contribution in [3.8, 4) is 0 Å². The molecule has 3 heterocycles. The van der Waals surface area contributed by atoms with Crippen LogP contribution in [0.25, 0.3) is 0 Å². The molecule has 0 saturated carbocycles. The second-order valence-electron chi connectivity index (χ2n) is 6.52. The standard InChI is InChI=1S/C15H28N2O2/c1-17(12-13-3-2-7-16-13)14-4-8-19-15(11-14)5-9-18-10-6-15/h13-14,16H,2-12H2,1H3. The van der Waals surface area contributed by atoms with E-state index in [1.54, 1.807) is 0 Å². The minimum Gasteiger partial charge on any atom is -0.381 e. The summed E-state index contributed by atoms with van der Waals surface area (Å²) in [7, 11) is 2.29. The van der Waals surface area contributed by atoms with Gasteiger partial charge in [0.05, 0.1) is 5.60 Å². The Labute approximate surface area is 116 Å². The van der Waals surface area contributed by atoms with Gasteiger partial charge < -0.3 is 19.7 Å². The summed E-state index contributed by atoms with van der Waals surface area (Å²) >= 11 is 0. The fourth-order valence-electron chi connectivity index (χ4n) is 3.88. The van der Waals surface area contributed by atoms with E-state index in [1.807, 2.05) is 0 Å². The fourth-order valence-corrected chi connectivity index (χ4v) is 3.88. The molecule has 3 aliphatic heterocycles. The molecule has 110 valence electrons. The SMILES string of the molecule is CN(CC1CCCN1)C1CCOC2(CCOCC2)C1. The van der Waals surface area contributed by atoms with E-state index in [0.717, 1.165) is 32.7 Å². The lowest BCUT2D eigenvalue weighted by Gasteiger charge is -2.46. The molecule has 0 amide bonds. The Hall–Kier alpha value is -0.160. The number of nitrogens with zero attached hydrogens (tertiary/aromatic N) is 1. The molecule has 0 aromatic heterocycles. The van der Waals surface area contributed by atoms with Crippen LogP contribution in [0.4, 0.5) is 0 Å². The molecule has 0 aromatic rings. The Balaban J connectivity index is 1.54. The highest BCUT2D eigenvalue weighted by Crippen LogP contribution is 2.35. The monoisotopic (exact) mass is 268 g/mol. The average molecular weight is 268 g/mol. The van der Waals surface area contributed by atoms with Crippen LogP contribution in [0.2, 0.25) is 0 Å². The first-order valence-electron chi connectivity index (χ1n) is 7.93. The summed E-state index contributed by atoms with van der Waals surface area (Å²) in [6, 6.07) is 1.40. The van der Waals surface area contributed by atoms with E-state index in [0.29, 0.717) is 12.1 Å². The first-order chi connectivity index (χ1) is 9.27. The van der Waals surface area contributed by atoms with E-state index in [4.69, 9.17) is 9.47 Å². The maximum Gasteiger partial charge on any atom is 0.0741 e. The normalized spacial score (nSPS) is 35.1. The van der Waals surface area contributed by atoms with Crippen molar-refractivity contribution in [3.05, 3.63) is 0 Å². The summed E-state index contributed by atoms with van der Waals surface area (Å²) in [6.07, 6.45) is 7.23. The number of ether oxygens (including phenoxy) is 2. The van der Waals surface area contributed by atoms with Crippen LogP contribution in [-0.2, 0) is 9.47 Å². The summed E-state index contributed by atoms with van der Waals surface area (Å²) in [5, 5.41) is 3.60. The predicted molar refractivity (Wildman–Crippen MR) is 75.4 cm³/mol. The zero-order valence-corrected chi connectivity index (χ0v) is 12.2. The van der Waals surface area contributed by atoms with E-state index in [2.05, 4.69) is 17.3 Å². The second-order valence-corrected chi connectivity index (χ2v) is 6.52. The molecule has 3 fully saturated rings. The van der Waals surface area contributed by atoms with E-state index in [9.17, 15) is 0 Å². The third kappa shape index (κ3) is 3.30. The third-order valence-electron chi connectivity index (χ3n) is 5.17. The van der Waals surface area contributed by atoms with Gasteiger partial charge in [-0.15, -0.1) is 0 Å². The van der Waals surface area contributed by atoms with E-state index < -0.39 is 0 Å². The number of hydrogen-bond donors (Lipinski definition) is 1. The van der Waals surface area contributed by atoms with Gasteiger partial charge in [-0.05, 0) is 52.1 Å². The van der Waals surface area contributed by atoms with Crippen molar-refractivity contribution in [1.29, 1.82) is 0 Å². The lowest BCUT2D eigenvalue weighted by molar-refractivity contribution is -0.150. The molecule has 3 aliphatic rings. The minimum absolute atomic E-state index is 0.124. The molecular formula is C15H28N2O2. The van der Waals surface area contributed by atoms with Gasteiger partial charge >= 0.3 is 0 Å². The van der Waals surface area contributed by atoms with Crippen molar-refractivity contribution in [3.63, 3.8) is 0 Å². The Bertz CT molecular complexity index is 280. The van der Waals surface area contributed by atoms with E-state index in [-0.39, 0.29) is 5.60 Å². The van der Waals surface area contributed by atoms with Gasteiger partial charge in [0.2, 0.25) is 0 Å². The highest BCUT2D eigenvalue weighted by Gasteiger charge is 2.40. The van der Waals surface area contributed by atoms with Gasteiger partial charge in [-0.2, -0.15) is 0 Å². The highest BCUT2D eigenvalue weighted by atomic mass is 16.5. The lowest BCUT2D eigenvalue weighted by atomic mass is 9.83. The van der Waals surface area contributed by atoms with Crippen LogP contribution in [0.5, 0.6) is 0 Å². The van der Waals surface area contributed by atoms with Crippen molar-refractivity contribution in [2.45, 2.75) is 56.2 Å². The van der Waals surface area contributed by atoms with Gasteiger partial charge in [0.25, 0.3) is 0 Å². The summed E-state index contributed by atoms with van der Waals surface area (Å²) in [5.41, 5.74) is 0.124. The van der Waals surface area contributed by atoms with Crippen LogP contribution in [0.15, 0.2) is 0 Å². The number of hydrogen-bond acceptors (Lipinski definition) is 4. The molecule has 4 heteroatoms. The molecular weight excluding hydrogens is 240 g/mol. The molecule has 0 aromatic carbocycles. The average Bonchev–Trinajstić information content (AvgIpc) is 2.92. The second kappa shape index (κ2) is 6.08. The maximum atomic E-state index is 6.13. The van der Waals surface area contributed by atoms with Crippen molar-refractivity contribution in [2.75, 3.05) is 40.0 Å². The van der Waals surface area contributed by atoms with Crippen LogP contribution in [0.3, 0.4) is 0 Å². The van der Waals surface area contributed by atoms with Gasteiger partial charge in [0, 0.05) is 38.4 Å². The smallest absolute Gasteiger partial charge is 0.0741 e. The fraction of sp³-hybridized carbons (Fsp3) is 1.00. The van der Waals surface area contributed by atoms with Crippen LogP contribution in [-0.4, -0.2) is 62.5 Å². The summed E-state index contributed by atoms with van der Waals surface area (Å²) in [4.78, 5) is 2.57. The number of rotatable bonds is 3. The maximum absolute atomic E-state index is 6.13. The Morgan fingerprint density at radius 1 is 1.21 bits per heavy atom. The molecule has 19 heavy (non-hydrogen) atoms. The molecule has 0 radical (unpaired) electrons. The van der Waals surface area contributed by atoms with Crippen LogP contribution < -0.4 is 5.32 Å². The number of nitrogens with one attached hydrogen (secondary N) is 1. The first-order valence-corrected chi connectivity index (χ1v) is 7.93. The lowest BCUT2D eigenvalue weighted by Crippen LogP contribution is -2.51. The van der Waals surface area contributed by atoms with Gasteiger partial charge in [0.15, 0.2) is 0 Å². The van der Waals surface area contributed by atoms with Gasteiger partial charge in [-0.25, -0.2) is 0 Å². The molecule has 1 spiro atoms. The topological polar surface area (TPSA) is 33.7 Å².